The van der Waals surface area contributed by atoms with Crippen molar-refractivity contribution in [3.05, 3.63) is 29.8 Å². The number of hydrogen-bond acceptors (Lipinski definition) is 3. The van der Waals surface area contributed by atoms with Crippen LogP contribution in [0.2, 0.25) is 0 Å². The van der Waals surface area contributed by atoms with Gasteiger partial charge in [0, 0.05) is 22.3 Å². The Morgan fingerprint density at radius 2 is 2.13 bits per heavy atom. The quantitative estimate of drug-likeness (QED) is 0.791. The van der Waals surface area contributed by atoms with E-state index in [1.807, 2.05) is 0 Å². The number of carbonyl (C=O) groups is 1. The highest BCUT2D eigenvalue weighted by Crippen LogP contribution is 2.12. The molecule has 0 aliphatic heterocycles. The molecule has 0 amide bonds. The molecule has 0 saturated carbocycles. The topological polar surface area (TPSA) is 74.6 Å². The first kappa shape index (κ1) is 11.7. The second kappa shape index (κ2) is 5.50. The lowest BCUT2D eigenvalue weighted by atomic mass is 10.2. The molecule has 0 saturated heterocycles. The molecule has 0 spiro atoms. The summed E-state index contributed by atoms with van der Waals surface area (Å²) in [6.07, 6.45) is -0.0918. The van der Waals surface area contributed by atoms with Gasteiger partial charge in [-0.05, 0) is 17.7 Å². The van der Waals surface area contributed by atoms with Gasteiger partial charge in [-0.3, -0.25) is 9.00 Å². The van der Waals surface area contributed by atoms with Crippen molar-refractivity contribution in [1.29, 1.82) is 0 Å². The van der Waals surface area contributed by atoms with Crippen LogP contribution < -0.4 is 0 Å². The van der Waals surface area contributed by atoms with Gasteiger partial charge in [0.15, 0.2) is 0 Å². The fourth-order valence-corrected chi connectivity index (χ4v) is 2.20. The molecular formula is C10H12O4S. The van der Waals surface area contributed by atoms with E-state index in [9.17, 15) is 9.00 Å². The van der Waals surface area contributed by atoms with Gasteiger partial charge in [-0.25, -0.2) is 0 Å². The summed E-state index contributed by atoms with van der Waals surface area (Å²) in [7, 11) is -1.19. The summed E-state index contributed by atoms with van der Waals surface area (Å²) in [6, 6.07) is 6.47. The number of benzene rings is 1. The Morgan fingerprint density at radius 3 is 2.73 bits per heavy atom. The van der Waals surface area contributed by atoms with Crippen LogP contribution in [0.15, 0.2) is 24.3 Å². The van der Waals surface area contributed by atoms with Crippen LogP contribution in [0.4, 0.5) is 0 Å². The molecule has 4 nitrogen and oxygen atoms in total. The average molecular weight is 228 g/mol. The summed E-state index contributed by atoms with van der Waals surface area (Å²) in [5, 5.41) is 17.5. The minimum atomic E-state index is -1.19. The van der Waals surface area contributed by atoms with E-state index in [2.05, 4.69) is 0 Å². The van der Waals surface area contributed by atoms with Gasteiger partial charge >= 0.3 is 5.97 Å². The molecule has 0 aliphatic rings. The van der Waals surface area contributed by atoms with Gasteiger partial charge in [0.25, 0.3) is 0 Å². The molecule has 1 aromatic carbocycles. The number of rotatable bonds is 5. The summed E-state index contributed by atoms with van der Waals surface area (Å²) >= 11 is 0. The van der Waals surface area contributed by atoms with E-state index >= 15 is 0 Å². The molecule has 0 aliphatic carbocycles. The van der Waals surface area contributed by atoms with Crippen molar-refractivity contribution in [3.8, 4) is 5.75 Å². The zero-order valence-electron chi connectivity index (χ0n) is 8.05. The van der Waals surface area contributed by atoms with Crippen LogP contribution in [0.5, 0.6) is 5.75 Å². The number of phenols is 1. The zero-order chi connectivity index (χ0) is 11.3. The minimum absolute atomic E-state index is 0.0918. The second-order valence-corrected chi connectivity index (χ2v) is 4.68. The molecular weight excluding hydrogens is 216 g/mol. The van der Waals surface area contributed by atoms with Crippen molar-refractivity contribution < 1.29 is 19.2 Å². The molecule has 0 radical (unpaired) electrons. The molecule has 1 unspecified atom stereocenters. The molecule has 1 atom stereocenters. The van der Waals surface area contributed by atoms with E-state index in [1.54, 1.807) is 12.1 Å². The number of carboxylic acid groups (broad SMARTS) is 1. The summed E-state index contributed by atoms with van der Waals surface area (Å²) in [4.78, 5) is 10.2. The number of phenolic OH excluding ortho intramolecular Hbond substituents is 1. The maximum absolute atomic E-state index is 11.4. The first-order valence-electron chi connectivity index (χ1n) is 4.42. The smallest absolute Gasteiger partial charge is 0.304 e. The standard InChI is InChI=1S/C10H12O4S/c11-9-3-1-2-8(6-9)7-15(14)5-4-10(12)13/h1-3,6,11H,4-5,7H2,(H,12,13). The molecule has 2 N–H and O–H groups in total. The highest BCUT2D eigenvalue weighted by atomic mass is 32.2. The summed E-state index contributed by atoms with van der Waals surface area (Å²) < 4.78 is 11.4. The summed E-state index contributed by atoms with van der Waals surface area (Å²) in [5.74, 6) is -0.394. The Hall–Kier alpha value is -1.36. The number of aliphatic carboxylic acids is 1. The molecule has 1 aromatic rings. The van der Waals surface area contributed by atoms with E-state index in [4.69, 9.17) is 10.2 Å². The van der Waals surface area contributed by atoms with Gasteiger partial charge in [-0.2, -0.15) is 0 Å². The zero-order valence-corrected chi connectivity index (χ0v) is 8.87. The van der Waals surface area contributed by atoms with Crippen molar-refractivity contribution in [2.24, 2.45) is 0 Å². The van der Waals surface area contributed by atoms with Crippen LogP contribution in [-0.4, -0.2) is 26.1 Å². The molecule has 0 aromatic heterocycles. The Morgan fingerprint density at radius 1 is 1.40 bits per heavy atom. The predicted molar refractivity (Wildman–Crippen MR) is 57.1 cm³/mol. The molecule has 0 bridgehead atoms. The molecule has 82 valence electrons. The first-order chi connectivity index (χ1) is 7.08. The lowest BCUT2D eigenvalue weighted by Gasteiger charge is -2.01. The van der Waals surface area contributed by atoms with Crippen LogP contribution in [0.1, 0.15) is 12.0 Å². The van der Waals surface area contributed by atoms with E-state index in [-0.39, 0.29) is 23.7 Å². The summed E-state index contributed by atoms with van der Waals surface area (Å²) in [6.45, 7) is 0. The fourth-order valence-electron chi connectivity index (χ4n) is 1.11. The van der Waals surface area contributed by atoms with Crippen molar-refractivity contribution in [3.63, 3.8) is 0 Å². The highest BCUT2D eigenvalue weighted by molar-refractivity contribution is 7.84. The molecule has 0 fully saturated rings. The predicted octanol–water partition coefficient (Wildman–Crippen LogP) is 1.12. The Kier molecular flexibility index (Phi) is 4.30. The van der Waals surface area contributed by atoms with Crippen LogP contribution >= 0.6 is 0 Å². The van der Waals surface area contributed by atoms with Gasteiger partial charge in [0.05, 0.1) is 6.42 Å². The van der Waals surface area contributed by atoms with Gasteiger partial charge in [-0.15, -0.1) is 0 Å². The third kappa shape index (κ3) is 4.60. The first-order valence-corrected chi connectivity index (χ1v) is 5.91. The minimum Gasteiger partial charge on any atom is -0.508 e. The largest absolute Gasteiger partial charge is 0.508 e. The summed E-state index contributed by atoms with van der Waals surface area (Å²) in [5.41, 5.74) is 0.749. The van der Waals surface area contributed by atoms with Crippen molar-refractivity contribution in [1.82, 2.24) is 0 Å². The monoisotopic (exact) mass is 228 g/mol. The highest BCUT2D eigenvalue weighted by Gasteiger charge is 2.05. The van der Waals surface area contributed by atoms with Crippen molar-refractivity contribution in [2.45, 2.75) is 12.2 Å². The third-order valence-electron chi connectivity index (χ3n) is 1.78. The van der Waals surface area contributed by atoms with Gasteiger partial charge in [0.1, 0.15) is 5.75 Å². The lowest BCUT2D eigenvalue weighted by Crippen LogP contribution is -2.06. The molecule has 5 heteroatoms. The maximum atomic E-state index is 11.4. The second-order valence-electron chi connectivity index (χ2n) is 3.10. The fraction of sp³-hybridized carbons (Fsp3) is 0.300. The lowest BCUT2D eigenvalue weighted by molar-refractivity contribution is -0.136. The van der Waals surface area contributed by atoms with E-state index in [0.29, 0.717) is 0 Å². The normalized spacial score (nSPS) is 12.3. The van der Waals surface area contributed by atoms with Gasteiger partial charge in [0.2, 0.25) is 0 Å². The Bertz CT molecular complexity index is 375. The van der Waals surface area contributed by atoms with Crippen LogP contribution in [0, 0.1) is 0 Å². The van der Waals surface area contributed by atoms with Crippen LogP contribution in [0.3, 0.4) is 0 Å². The molecule has 0 heterocycles. The van der Waals surface area contributed by atoms with E-state index < -0.39 is 16.8 Å². The Labute approximate surface area is 90.0 Å². The van der Waals surface area contributed by atoms with Crippen molar-refractivity contribution >= 4 is 16.8 Å². The van der Waals surface area contributed by atoms with E-state index in [0.717, 1.165) is 5.56 Å². The number of hydrogen-bond donors (Lipinski definition) is 2. The third-order valence-corrected chi connectivity index (χ3v) is 3.10. The molecule has 1 rings (SSSR count). The van der Waals surface area contributed by atoms with Crippen LogP contribution in [-0.2, 0) is 21.3 Å². The molecule has 15 heavy (non-hydrogen) atoms. The van der Waals surface area contributed by atoms with Gasteiger partial charge < -0.3 is 10.2 Å². The van der Waals surface area contributed by atoms with Crippen LogP contribution in [0.25, 0.3) is 0 Å². The van der Waals surface area contributed by atoms with Crippen molar-refractivity contribution in [2.75, 3.05) is 5.75 Å². The number of carboxylic acids is 1. The number of aromatic hydroxyl groups is 1. The SMILES string of the molecule is O=C(O)CCS(=O)Cc1cccc(O)c1. The Balaban J connectivity index is 2.48. The average Bonchev–Trinajstić information content (AvgIpc) is 2.15. The maximum Gasteiger partial charge on any atom is 0.304 e. The van der Waals surface area contributed by atoms with E-state index in [1.165, 1.54) is 12.1 Å². The van der Waals surface area contributed by atoms with Gasteiger partial charge in [-0.1, -0.05) is 12.1 Å².